The highest BCUT2D eigenvalue weighted by molar-refractivity contribution is 5.87. The number of carboxylic acids is 1. The summed E-state index contributed by atoms with van der Waals surface area (Å²) >= 11 is 0. The molecule has 1 aromatic heterocycles. The molecule has 160 valence electrons. The van der Waals surface area contributed by atoms with Crippen LogP contribution in [-0.4, -0.2) is 41.0 Å². The molecule has 0 saturated heterocycles. The van der Waals surface area contributed by atoms with Gasteiger partial charge in [0.1, 0.15) is 6.54 Å². The van der Waals surface area contributed by atoms with Gasteiger partial charge < -0.3 is 19.9 Å². The molecular formula is C22H21N3O6. The number of carbonyl (C=O) groups excluding carboxylic acids is 1. The minimum absolute atomic E-state index is 0.165. The Labute approximate surface area is 177 Å². The topological polar surface area (TPSA) is 120 Å². The number of amides is 1. The Bertz CT molecular complexity index is 1150. The van der Waals surface area contributed by atoms with Crippen LogP contribution in [0.5, 0.6) is 11.5 Å². The molecule has 3 aromatic rings. The van der Waals surface area contributed by atoms with E-state index in [1.165, 1.54) is 32.4 Å². The Morgan fingerprint density at radius 1 is 1.00 bits per heavy atom. The SMILES string of the molecule is COc1ccc(-c2ccc(=O)n(CC(=O)NCc3ccc(C(=O)O)cc3)n2)cc1OC. The van der Waals surface area contributed by atoms with Gasteiger partial charge >= 0.3 is 5.97 Å². The molecule has 9 heteroatoms. The van der Waals surface area contributed by atoms with Crippen LogP contribution in [0.1, 0.15) is 15.9 Å². The van der Waals surface area contributed by atoms with E-state index in [1.807, 2.05) is 0 Å². The number of methoxy groups -OCH3 is 2. The number of hydrogen-bond acceptors (Lipinski definition) is 6. The van der Waals surface area contributed by atoms with Crippen LogP contribution >= 0.6 is 0 Å². The summed E-state index contributed by atoms with van der Waals surface area (Å²) in [7, 11) is 3.06. The van der Waals surface area contributed by atoms with E-state index in [-0.39, 0.29) is 18.7 Å². The van der Waals surface area contributed by atoms with E-state index in [2.05, 4.69) is 10.4 Å². The molecule has 2 aromatic carbocycles. The lowest BCUT2D eigenvalue weighted by Crippen LogP contribution is -2.33. The molecule has 0 spiro atoms. The number of nitrogens with one attached hydrogen (secondary N) is 1. The lowest BCUT2D eigenvalue weighted by Gasteiger charge is -2.11. The lowest BCUT2D eigenvalue weighted by molar-refractivity contribution is -0.122. The zero-order valence-corrected chi connectivity index (χ0v) is 17.0. The van der Waals surface area contributed by atoms with Crippen LogP contribution in [0.15, 0.2) is 59.4 Å². The van der Waals surface area contributed by atoms with Crippen LogP contribution < -0.4 is 20.3 Å². The van der Waals surface area contributed by atoms with Gasteiger partial charge in [-0.2, -0.15) is 5.10 Å². The normalized spacial score (nSPS) is 10.4. The third-order valence-electron chi connectivity index (χ3n) is 4.53. The monoisotopic (exact) mass is 423 g/mol. The maximum absolute atomic E-state index is 12.3. The number of aromatic carboxylic acids is 1. The van der Waals surface area contributed by atoms with Gasteiger partial charge in [-0.25, -0.2) is 9.48 Å². The highest BCUT2D eigenvalue weighted by Crippen LogP contribution is 2.31. The first-order valence-corrected chi connectivity index (χ1v) is 9.30. The van der Waals surface area contributed by atoms with E-state index in [1.54, 1.807) is 36.4 Å². The lowest BCUT2D eigenvalue weighted by atomic mass is 10.1. The van der Waals surface area contributed by atoms with Gasteiger partial charge in [-0.05, 0) is 42.0 Å². The zero-order chi connectivity index (χ0) is 22.4. The van der Waals surface area contributed by atoms with E-state index in [0.717, 1.165) is 10.2 Å². The second kappa shape index (κ2) is 9.57. The largest absolute Gasteiger partial charge is 0.493 e. The second-order valence-corrected chi connectivity index (χ2v) is 6.56. The van der Waals surface area contributed by atoms with Crippen LogP contribution in [0.25, 0.3) is 11.3 Å². The first-order valence-electron chi connectivity index (χ1n) is 9.30. The Morgan fingerprint density at radius 3 is 2.35 bits per heavy atom. The number of rotatable bonds is 8. The molecular weight excluding hydrogens is 402 g/mol. The molecule has 9 nitrogen and oxygen atoms in total. The molecule has 1 heterocycles. The number of aromatic nitrogens is 2. The van der Waals surface area contributed by atoms with E-state index in [9.17, 15) is 14.4 Å². The number of carbonyl (C=O) groups is 2. The zero-order valence-electron chi connectivity index (χ0n) is 17.0. The van der Waals surface area contributed by atoms with Gasteiger partial charge in [0.05, 0.1) is 25.5 Å². The smallest absolute Gasteiger partial charge is 0.335 e. The molecule has 0 radical (unpaired) electrons. The average molecular weight is 423 g/mol. The van der Waals surface area contributed by atoms with E-state index in [0.29, 0.717) is 22.8 Å². The van der Waals surface area contributed by atoms with Gasteiger partial charge in [0.2, 0.25) is 5.91 Å². The van der Waals surface area contributed by atoms with Crippen molar-refractivity contribution in [3.05, 3.63) is 76.1 Å². The van der Waals surface area contributed by atoms with Gasteiger partial charge in [0.15, 0.2) is 11.5 Å². The molecule has 2 N–H and O–H groups in total. The second-order valence-electron chi connectivity index (χ2n) is 6.56. The van der Waals surface area contributed by atoms with Crippen molar-refractivity contribution in [2.75, 3.05) is 14.2 Å². The summed E-state index contributed by atoms with van der Waals surface area (Å²) in [5.41, 5.74) is 1.68. The summed E-state index contributed by atoms with van der Waals surface area (Å²) < 4.78 is 11.6. The summed E-state index contributed by atoms with van der Waals surface area (Å²) in [5, 5.41) is 15.9. The number of nitrogens with zero attached hydrogens (tertiary/aromatic N) is 2. The molecule has 0 saturated carbocycles. The average Bonchev–Trinajstić information content (AvgIpc) is 2.79. The Balaban J connectivity index is 1.71. The van der Waals surface area contributed by atoms with Crippen LogP contribution in [0.4, 0.5) is 0 Å². The van der Waals surface area contributed by atoms with Crippen LogP contribution in [0.3, 0.4) is 0 Å². The molecule has 1 amide bonds. The third kappa shape index (κ3) is 5.27. The molecule has 0 unspecified atom stereocenters. The van der Waals surface area contributed by atoms with Gasteiger partial charge in [-0.1, -0.05) is 12.1 Å². The molecule has 3 rings (SSSR count). The molecule has 31 heavy (non-hydrogen) atoms. The van der Waals surface area contributed by atoms with Gasteiger partial charge in [-0.3, -0.25) is 9.59 Å². The summed E-state index contributed by atoms with van der Waals surface area (Å²) in [4.78, 5) is 35.3. The summed E-state index contributed by atoms with van der Waals surface area (Å²) in [6, 6.07) is 14.3. The van der Waals surface area contributed by atoms with Crippen LogP contribution in [0.2, 0.25) is 0 Å². The minimum atomic E-state index is -1.02. The van der Waals surface area contributed by atoms with E-state index in [4.69, 9.17) is 14.6 Å². The van der Waals surface area contributed by atoms with Crippen molar-refractivity contribution in [3.8, 4) is 22.8 Å². The highest BCUT2D eigenvalue weighted by atomic mass is 16.5. The standard InChI is InChI=1S/C22H21N3O6/c1-30-18-9-7-16(11-19(18)31-2)17-8-10-21(27)25(24-17)13-20(26)23-12-14-3-5-15(6-4-14)22(28)29/h3-11H,12-13H2,1-2H3,(H,23,26)(H,28,29). The van der Waals surface area contributed by atoms with Gasteiger partial charge in [0, 0.05) is 18.2 Å². The van der Waals surface area contributed by atoms with E-state index < -0.39 is 17.4 Å². The molecule has 0 bridgehead atoms. The Kier molecular flexibility index (Phi) is 6.66. The molecule has 0 atom stereocenters. The summed E-state index contributed by atoms with van der Waals surface area (Å²) in [6.07, 6.45) is 0. The maximum Gasteiger partial charge on any atom is 0.335 e. The first kappa shape index (κ1) is 21.6. The van der Waals surface area contributed by atoms with Gasteiger partial charge in [-0.15, -0.1) is 0 Å². The number of hydrogen-bond donors (Lipinski definition) is 2. The van der Waals surface area contributed by atoms with Crippen molar-refractivity contribution in [2.45, 2.75) is 13.1 Å². The van der Waals surface area contributed by atoms with Crippen molar-refractivity contribution >= 4 is 11.9 Å². The third-order valence-corrected chi connectivity index (χ3v) is 4.53. The van der Waals surface area contributed by atoms with Crippen molar-refractivity contribution in [3.63, 3.8) is 0 Å². The van der Waals surface area contributed by atoms with Crippen molar-refractivity contribution < 1.29 is 24.2 Å². The molecule has 0 aliphatic rings. The summed E-state index contributed by atoms with van der Waals surface area (Å²) in [6.45, 7) is -0.0595. The van der Waals surface area contributed by atoms with Gasteiger partial charge in [0.25, 0.3) is 5.56 Å². The minimum Gasteiger partial charge on any atom is -0.493 e. The molecule has 0 aliphatic heterocycles. The van der Waals surface area contributed by atoms with E-state index >= 15 is 0 Å². The van der Waals surface area contributed by atoms with Crippen molar-refractivity contribution in [2.24, 2.45) is 0 Å². The highest BCUT2D eigenvalue weighted by Gasteiger charge is 2.11. The quantitative estimate of drug-likeness (QED) is 0.568. The maximum atomic E-state index is 12.3. The Morgan fingerprint density at radius 2 is 1.71 bits per heavy atom. The summed E-state index contributed by atoms with van der Waals surface area (Å²) in [5.74, 6) is -0.335. The molecule has 0 fully saturated rings. The first-order chi connectivity index (χ1) is 14.9. The predicted octanol–water partition coefficient (Wildman–Crippen LogP) is 1.94. The number of ether oxygens (including phenoxy) is 2. The fraction of sp³-hybridized carbons (Fsp3) is 0.182. The van der Waals surface area contributed by atoms with Crippen molar-refractivity contribution in [1.82, 2.24) is 15.1 Å². The number of carboxylic acid groups (broad SMARTS) is 1. The molecule has 0 aliphatic carbocycles. The number of benzene rings is 2. The predicted molar refractivity (Wildman–Crippen MR) is 112 cm³/mol. The van der Waals surface area contributed by atoms with Crippen LogP contribution in [0, 0.1) is 0 Å². The van der Waals surface area contributed by atoms with Crippen molar-refractivity contribution in [1.29, 1.82) is 0 Å². The van der Waals surface area contributed by atoms with Crippen LogP contribution in [-0.2, 0) is 17.9 Å². The fourth-order valence-electron chi connectivity index (χ4n) is 2.87. The fourth-order valence-corrected chi connectivity index (χ4v) is 2.87. The Hall–Kier alpha value is -4.14.